The van der Waals surface area contributed by atoms with Gasteiger partial charge in [-0.1, -0.05) is 0 Å². The van der Waals surface area contributed by atoms with Crippen LogP contribution in [0.4, 0.5) is 0 Å². The molecule has 0 saturated carbocycles. The first-order valence-electron chi connectivity index (χ1n) is 8.32. The Labute approximate surface area is 166 Å². The number of esters is 6. The van der Waals surface area contributed by atoms with Crippen LogP contribution in [0, 0.1) is 0 Å². The normalized spacial score (nSPS) is 13.3. The highest BCUT2D eigenvalue weighted by Gasteiger charge is 2.45. The Hall–Kier alpha value is -3.18. The molecular weight excluding hydrogens is 396 g/mol. The molecule has 0 aromatic rings. The van der Waals surface area contributed by atoms with E-state index in [0.717, 1.165) is 41.5 Å². The van der Waals surface area contributed by atoms with E-state index in [-0.39, 0.29) is 0 Å². The van der Waals surface area contributed by atoms with Gasteiger partial charge in [0.25, 0.3) is 6.29 Å². The van der Waals surface area contributed by atoms with Crippen LogP contribution < -0.4 is 0 Å². The third-order valence-corrected chi connectivity index (χ3v) is 2.90. The van der Waals surface area contributed by atoms with Crippen LogP contribution in [0.1, 0.15) is 41.5 Å². The Morgan fingerprint density at radius 2 is 0.897 bits per heavy atom. The van der Waals surface area contributed by atoms with Crippen molar-refractivity contribution in [1.29, 1.82) is 0 Å². The van der Waals surface area contributed by atoms with Crippen molar-refractivity contribution in [1.82, 2.24) is 0 Å². The molecular formula is C17H24O12. The Morgan fingerprint density at radius 3 is 1.24 bits per heavy atom. The van der Waals surface area contributed by atoms with Gasteiger partial charge in [-0.2, -0.15) is 0 Å². The molecule has 164 valence electrons. The summed E-state index contributed by atoms with van der Waals surface area (Å²) < 4.78 is 29.7. The maximum atomic E-state index is 11.6. The predicted octanol–water partition coefficient (Wildman–Crippen LogP) is -0.203. The van der Waals surface area contributed by atoms with Gasteiger partial charge in [-0.25, -0.2) is 0 Å². The minimum absolute atomic E-state index is 0.600. The molecule has 0 rings (SSSR count). The largest absolute Gasteiger partial charge is 0.462 e. The van der Waals surface area contributed by atoms with Crippen molar-refractivity contribution in [3.63, 3.8) is 0 Å². The van der Waals surface area contributed by atoms with Crippen molar-refractivity contribution < 1.29 is 57.2 Å². The highest BCUT2D eigenvalue weighted by atomic mass is 16.7. The van der Waals surface area contributed by atoms with Gasteiger partial charge in [0.2, 0.25) is 6.10 Å². The summed E-state index contributed by atoms with van der Waals surface area (Å²) in [5, 5.41) is 0. The molecule has 0 aromatic carbocycles. The molecule has 0 heterocycles. The summed E-state index contributed by atoms with van der Waals surface area (Å²) in [4.78, 5) is 68.7. The number of ether oxygens (including phenoxy) is 6. The van der Waals surface area contributed by atoms with Gasteiger partial charge >= 0.3 is 35.8 Å². The lowest BCUT2D eigenvalue weighted by Gasteiger charge is -2.34. The third kappa shape index (κ3) is 11.3. The van der Waals surface area contributed by atoms with E-state index in [1.165, 1.54) is 0 Å². The van der Waals surface area contributed by atoms with Crippen molar-refractivity contribution in [3.05, 3.63) is 0 Å². The van der Waals surface area contributed by atoms with Crippen LogP contribution in [-0.2, 0) is 57.2 Å². The van der Waals surface area contributed by atoms with Gasteiger partial charge in [-0.15, -0.1) is 0 Å². The third-order valence-electron chi connectivity index (χ3n) is 2.90. The average Bonchev–Trinajstić information content (AvgIpc) is 2.52. The van der Waals surface area contributed by atoms with Gasteiger partial charge in [0.15, 0.2) is 12.2 Å². The Morgan fingerprint density at radius 1 is 0.517 bits per heavy atom. The molecule has 12 heteroatoms. The highest BCUT2D eigenvalue weighted by molar-refractivity contribution is 5.70. The zero-order valence-corrected chi connectivity index (χ0v) is 16.9. The smallest absolute Gasteiger partial charge is 0.305 e. The lowest BCUT2D eigenvalue weighted by atomic mass is 10.1. The molecule has 0 spiro atoms. The summed E-state index contributed by atoms with van der Waals surface area (Å²) in [6.45, 7) is 5.48. The molecule has 3 atom stereocenters. The van der Waals surface area contributed by atoms with Crippen LogP contribution >= 0.6 is 0 Å². The van der Waals surface area contributed by atoms with Crippen molar-refractivity contribution >= 4 is 35.8 Å². The second-order valence-electron chi connectivity index (χ2n) is 5.69. The summed E-state index contributed by atoms with van der Waals surface area (Å²) in [7, 11) is 0. The monoisotopic (exact) mass is 420 g/mol. The number of carbonyl (C=O) groups excluding carboxylic acids is 6. The Bertz CT molecular complexity index is 624. The minimum Gasteiger partial charge on any atom is -0.462 e. The zero-order valence-electron chi connectivity index (χ0n) is 16.9. The average molecular weight is 420 g/mol. The number of carbonyl (C=O) groups is 6. The van der Waals surface area contributed by atoms with Crippen LogP contribution in [0.25, 0.3) is 0 Å². The summed E-state index contributed by atoms with van der Waals surface area (Å²) in [5.41, 5.74) is 0. The Kier molecular flexibility index (Phi) is 11.0. The summed E-state index contributed by atoms with van der Waals surface area (Å²) in [6.07, 6.45) is -6.75. The van der Waals surface area contributed by atoms with Gasteiger partial charge in [0.1, 0.15) is 6.61 Å². The molecule has 0 radical (unpaired) electrons. The fourth-order valence-corrected chi connectivity index (χ4v) is 2.11. The molecule has 0 fully saturated rings. The molecule has 0 bridgehead atoms. The molecule has 0 aromatic heterocycles. The van der Waals surface area contributed by atoms with Crippen molar-refractivity contribution in [2.24, 2.45) is 0 Å². The molecule has 29 heavy (non-hydrogen) atoms. The van der Waals surface area contributed by atoms with E-state index >= 15 is 0 Å². The van der Waals surface area contributed by atoms with Crippen LogP contribution in [0.2, 0.25) is 0 Å². The van der Waals surface area contributed by atoms with Crippen molar-refractivity contribution in [3.8, 4) is 0 Å². The van der Waals surface area contributed by atoms with E-state index in [0.29, 0.717) is 0 Å². The standard InChI is InChI=1S/C17H24O12/c1-8(18)24-7-14(25-9(2)19)15(26-10(3)20)16(27-11(4)21)17(28-12(5)22)29-13(6)23/h14-17H,7H2,1-6H3/t14-,15+,16+/m0/s1. The van der Waals surface area contributed by atoms with Gasteiger partial charge in [0.05, 0.1) is 0 Å². The molecule has 0 aliphatic rings. The second-order valence-corrected chi connectivity index (χ2v) is 5.69. The van der Waals surface area contributed by atoms with Gasteiger partial charge in [0, 0.05) is 41.5 Å². The molecule has 0 unspecified atom stereocenters. The molecule has 0 aliphatic heterocycles. The SMILES string of the molecule is CC(=O)OC[C@H](OC(C)=O)[C@@H](OC(C)=O)[C@@H](OC(C)=O)C(OC(C)=O)OC(C)=O. The molecule has 0 saturated heterocycles. The fourth-order valence-electron chi connectivity index (χ4n) is 2.11. The van der Waals surface area contributed by atoms with E-state index in [1.807, 2.05) is 0 Å². The second kappa shape index (κ2) is 12.3. The van der Waals surface area contributed by atoms with E-state index in [2.05, 4.69) is 0 Å². The van der Waals surface area contributed by atoms with Crippen LogP contribution in [-0.4, -0.2) is 67.0 Å². The van der Waals surface area contributed by atoms with E-state index in [9.17, 15) is 28.8 Å². The predicted molar refractivity (Wildman–Crippen MR) is 90.6 cm³/mol. The molecule has 0 N–H and O–H groups in total. The topological polar surface area (TPSA) is 158 Å². The first-order valence-corrected chi connectivity index (χ1v) is 8.32. The lowest BCUT2D eigenvalue weighted by molar-refractivity contribution is -0.237. The summed E-state index contributed by atoms with van der Waals surface area (Å²) in [5.74, 6) is -5.26. The van der Waals surface area contributed by atoms with E-state index in [4.69, 9.17) is 28.4 Å². The zero-order chi connectivity index (χ0) is 22.7. The summed E-state index contributed by atoms with van der Waals surface area (Å²) >= 11 is 0. The van der Waals surface area contributed by atoms with Crippen molar-refractivity contribution in [2.75, 3.05) is 6.61 Å². The van der Waals surface area contributed by atoms with Gasteiger partial charge in [-0.05, 0) is 0 Å². The highest BCUT2D eigenvalue weighted by Crippen LogP contribution is 2.21. The number of hydrogen-bond acceptors (Lipinski definition) is 12. The summed E-state index contributed by atoms with van der Waals surface area (Å²) in [6, 6.07) is 0. The van der Waals surface area contributed by atoms with Gasteiger partial charge < -0.3 is 28.4 Å². The molecule has 0 aliphatic carbocycles. The maximum Gasteiger partial charge on any atom is 0.305 e. The quantitative estimate of drug-likeness (QED) is 0.261. The first-order chi connectivity index (χ1) is 13.3. The van der Waals surface area contributed by atoms with Crippen LogP contribution in [0.5, 0.6) is 0 Å². The minimum atomic E-state index is -1.85. The van der Waals surface area contributed by atoms with Crippen molar-refractivity contribution in [2.45, 2.75) is 66.1 Å². The number of rotatable bonds is 10. The maximum absolute atomic E-state index is 11.6. The van der Waals surface area contributed by atoms with Gasteiger partial charge in [-0.3, -0.25) is 28.8 Å². The molecule has 0 amide bonds. The fraction of sp³-hybridized carbons (Fsp3) is 0.647. The van der Waals surface area contributed by atoms with Crippen LogP contribution in [0.3, 0.4) is 0 Å². The first kappa shape index (κ1) is 25.8. The van der Waals surface area contributed by atoms with E-state index < -0.39 is 67.0 Å². The number of hydrogen-bond donors (Lipinski definition) is 0. The molecule has 12 nitrogen and oxygen atoms in total. The Balaban J connectivity index is 6.20. The van der Waals surface area contributed by atoms with Crippen LogP contribution in [0.15, 0.2) is 0 Å². The van der Waals surface area contributed by atoms with E-state index in [1.54, 1.807) is 0 Å². The lowest BCUT2D eigenvalue weighted by Crippen LogP contribution is -2.54.